The molecule has 0 saturated heterocycles. The van der Waals surface area contributed by atoms with Crippen molar-refractivity contribution in [2.24, 2.45) is 0 Å². The van der Waals surface area contributed by atoms with Gasteiger partial charge in [0.2, 0.25) is 0 Å². The van der Waals surface area contributed by atoms with E-state index in [1.54, 1.807) is 32.1 Å². The molecule has 1 aromatic heterocycles. The molecule has 0 radical (unpaired) electrons. The van der Waals surface area contributed by atoms with E-state index in [-0.39, 0.29) is 5.97 Å². The highest BCUT2D eigenvalue weighted by Gasteiger charge is 2.32. The Labute approximate surface area is 143 Å². The minimum absolute atomic E-state index is 0.328. The lowest BCUT2D eigenvalue weighted by atomic mass is 10.1. The van der Waals surface area contributed by atoms with Crippen molar-refractivity contribution in [2.75, 3.05) is 6.61 Å². The lowest BCUT2D eigenvalue weighted by Crippen LogP contribution is -2.39. The number of carbonyl (C=O) groups excluding carboxylic acids is 1. The van der Waals surface area contributed by atoms with E-state index in [0.717, 1.165) is 25.2 Å². The van der Waals surface area contributed by atoms with Gasteiger partial charge in [-0.3, -0.25) is 0 Å². The molecule has 0 amide bonds. The quantitative estimate of drug-likeness (QED) is 0.590. The van der Waals surface area contributed by atoms with Crippen molar-refractivity contribution in [1.29, 1.82) is 0 Å². The molecular formula is C18H17ClO3S. The first-order valence-electron chi connectivity index (χ1n) is 7.40. The molecule has 23 heavy (non-hydrogen) atoms. The Morgan fingerprint density at radius 3 is 2.48 bits per heavy atom. The van der Waals surface area contributed by atoms with Crippen molar-refractivity contribution in [3.8, 4) is 5.75 Å². The van der Waals surface area contributed by atoms with Crippen LogP contribution in [0.4, 0.5) is 0 Å². The second-order valence-corrected chi connectivity index (χ2v) is 7.11. The SMILES string of the molecule is CCOC(=O)C(C)(C)Oc1cccc2c1sc1c(Cl)cccc12. The van der Waals surface area contributed by atoms with Crippen LogP contribution in [0.2, 0.25) is 5.02 Å². The van der Waals surface area contributed by atoms with Crippen molar-refractivity contribution >= 4 is 49.1 Å². The molecule has 3 rings (SSSR count). The lowest BCUT2D eigenvalue weighted by molar-refractivity contribution is -0.158. The predicted octanol–water partition coefficient (Wildman–Crippen LogP) is 5.43. The average molecular weight is 349 g/mol. The average Bonchev–Trinajstić information content (AvgIpc) is 2.89. The van der Waals surface area contributed by atoms with Crippen LogP contribution in [0.3, 0.4) is 0 Å². The van der Waals surface area contributed by atoms with E-state index >= 15 is 0 Å². The smallest absolute Gasteiger partial charge is 0.349 e. The number of benzene rings is 2. The molecule has 0 bridgehead atoms. The molecule has 0 atom stereocenters. The van der Waals surface area contributed by atoms with Gasteiger partial charge in [0.25, 0.3) is 0 Å². The van der Waals surface area contributed by atoms with E-state index in [2.05, 4.69) is 0 Å². The number of hydrogen-bond acceptors (Lipinski definition) is 4. The van der Waals surface area contributed by atoms with Crippen LogP contribution in [0.5, 0.6) is 5.75 Å². The molecule has 2 aromatic carbocycles. The molecule has 5 heteroatoms. The predicted molar refractivity (Wildman–Crippen MR) is 95.7 cm³/mol. The van der Waals surface area contributed by atoms with Gasteiger partial charge in [0.15, 0.2) is 5.60 Å². The fourth-order valence-corrected chi connectivity index (χ4v) is 3.91. The zero-order chi connectivity index (χ0) is 16.6. The van der Waals surface area contributed by atoms with Crippen LogP contribution >= 0.6 is 22.9 Å². The van der Waals surface area contributed by atoms with E-state index in [1.165, 1.54) is 0 Å². The van der Waals surface area contributed by atoms with Crippen LogP contribution < -0.4 is 4.74 Å². The number of halogens is 1. The standard InChI is InChI=1S/C18H17ClO3S/c1-4-21-17(20)18(2,3)22-14-10-6-8-12-11-7-5-9-13(19)15(11)23-16(12)14/h5-10H,4H2,1-3H3. The van der Waals surface area contributed by atoms with Crippen molar-refractivity contribution in [3.63, 3.8) is 0 Å². The summed E-state index contributed by atoms with van der Waals surface area (Å²) < 4.78 is 13.1. The molecule has 0 unspecified atom stereocenters. The third-order valence-electron chi connectivity index (χ3n) is 3.57. The second kappa shape index (κ2) is 6.02. The summed E-state index contributed by atoms with van der Waals surface area (Å²) in [6.45, 7) is 5.53. The van der Waals surface area contributed by atoms with Gasteiger partial charge in [-0.15, -0.1) is 11.3 Å². The molecule has 0 saturated carbocycles. The third kappa shape index (κ3) is 2.89. The summed E-state index contributed by atoms with van der Waals surface area (Å²) in [5, 5.41) is 2.89. The van der Waals surface area contributed by atoms with E-state index in [0.29, 0.717) is 12.4 Å². The molecular weight excluding hydrogens is 332 g/mol. The number of hydrogen-bond donors (Lipinski definition) is 0. The Hall–Kier alpha value is -1.78. The van der Waals surface area contributed by atoms with Gasteiger partial charge in [-0.25, -0.2) is 4.79 Å². The van der Waals surface area contributed by atoms with Crippen LogP contribution in [0.25, 0.3) is 20.2 Å². The minimum Gasteiger partial charge on any atom is -0.475 e. The number of thiophene rings is 1. The first-order valence-corrected chi connectivity index (χ1v) is 8.59. The molecule has 0 fully saturated rings. The number of fused-ring (bicyclic) bond motifs is 3. The molecule has 0 spiro atoms. The van der Waals surface area contributed by atoms with Gasteiger partial charge >= 0.3 is 5.97 Å². The highest BCUT2D eigenvalue weighted by molar-refractivity contribution is 7.26. The number of ether oxygens (including phenoxy) is 2. The topological polar surface area (TPSA) is 35.5 Å². The monoisotopic (exact) mass is 348 g/mol. The maximum Gasteiger partial charge on any atom is 0.349 e. The van der Waals surface area contributed by atoms with Crippen LogP contribution in [0.15, 0.2) is 36.4 Å². The fraction of sp³-hybridized carbons (Fsp3) is 0.278. The summed E-state index contributed by atoms with van der Waals surface area (Å²) >= 11 is 7.87. The van der Waals surface area contributed by atoms with E-state index < -0.39 is 5.60 Å². The minimum atomic E-state index is -1.05. The Morgan fingerprint density at radius 2 is 1.78 bits per heavy atom. The van der Waals surface area contributed by atoms with Crippen LogP contribution in [-0.4, -0.2) is 18.2 Å². The van der Waals surface area contributed by atoms with Crippen molar-refractivity contribution < 1.29 is 14.3 Å². The number of rotatable bonds is 4. The maximum atomic E-state index is 12.1. The first-order chi connectivity index (χ1) is 10.9. The van der Waals surface area contributed by atoms with E-state index in [9.17, 15) is 4.79 Å². The van der Waals surface area contributed by atoms with Crippen molar-refractivity contribution in [1.82, 2.24) is 0 Å². The highest BCUT2D eigenvalue weighted by atomic mass is 35.5. The Bertz CT molecular complexity index is 882. The van der Waals surface area contributed by atoms with Crippen LogP contribution in [0.1, 0.15) is 20.8 Å². The Morgan fingerprint density at radius 1 is 1.13 bits per heavy atom. The van der Waals surface area contributed by atoms with Crippen molar-refractivity contribution in [2.45, 2.75) is 26.4 Å². The second-order valence-electron chi connectivity index (χ2n) is 5.68. The van der Waals surface area contributed by atoms with Gasteiger partial charge in [0, 0.05) is 10.8 Å². The Balaban J connectivity index is 2.10. The van der Waals surface area contributed by atoms with E-state index in [1.807, 2.05) is 36.4 Å². The molecule has 0 aliphatic rings. The summed E-state index contributed by atoms with van der Waals surface area (Å²) in [6, 6.07) is 11.7. The maximum absolute atomic E-state index is 12.1. The molecule has 0 aliphatic carbocycles. The van der Waals surface area contributed by atoms with Gasteiger partial charge < -0.3 is 9.47 Å². The van der Waals surface area contributed by atoms with Gasteiger partial charge in [0.05, 0.1) is 21.0 Å². The zero-order valence-electron chi connectivity index (χ0n) is 13.2. The summed E-state index contributed by atoms with van der Waals surface area (Å²) in [4.78, 5) is 12.1. The summed E-state index contributed by atoms with van der Waals surface area (Å²) in [5.41, 5.74) is -1.05. The van der Waals surface area contributed by atoms with Crippen molar-refractivity contribution in [3.05, 3.63) is 41.4 Å². The molecule has 1 heterocycles. The highest BCUT2D eigenvalue weighted by Crippen LogP contribution is 2.42. The summed E-state index contributed by atoms with van der Waals surface area (Å²) in [5.74, 6) is 0.286. The van der Waals surface area contributed by atoms with Gasteiger partial charge in [-0.1, -0.05) is 35.9 Å². The first kappa shape index (κ1) is 16.1. The van der Waals surface area contributed by atoms with Gasteiger partial charge in [0.1, 0.15) is 5.75 Å². The zero-order valence-corrected chi connectivity index (χ0v) is 14.8. The molecule has 3 nitrogen and oxygen atoms in total. The third-order valence-corrected chi connectivity index (χ3v) is 5.27. The van der Waals surface area contributed by atoms with Gasteiger partial charge in [-0.2, -0.15) is 0 Å². The normalized spacial score (nSPS) is 11.8. The number of carbonyl (C=O) groups is 1. The summed E-state index contributed by atoms with van der Waals surface area (Å²) in [7, 11) is 0. The van der Waals surface area contributed by atoms with Gasteiger partial charge in [-0.05, 0) is 32.9 Å². The molecule has 0 N–H and O–H groups in total. The molecule has 120 valence electrons. The largest absolute Gasteiger partial charge is 0.475 e. The molecule has 0 aliphatic heterocycles. The van der Waals surface area contributed by atoms with Crippen LogP contribution in [-0.2, 0) is 9.53 Å². The Kier molecular flexibility index (Phi) is 4.21. The summed E-state index contributed by atoms with van der Waals surface area (Å²) in [6.07, 6.45) is 0. The number of esters is 1. The molecule has 3 aromatic rings. The van der Waals surface area contributed by atoms with Crippen LogP contribution in [0, 0.1) is 0 Å². The fourth-order valence-electron chi connectivity index (χ4n) is 2.46. The van der Waals surface area contributed by atoms with E-state index in [4.69, 9.17) is 21.1 Å². The lowest BCUT2D eigenvalue weighted by Gasteiger charge is -2.24.